The first kappa shape index (κ1) is 13.7. The Balaban J connectivity index is 2.31. The van der Waals surface area contributed by atoms with Crippen molar-refractivity contribution in [2.24, 2.45) is 0 Å². The Morgan fingerprint density at radius 3 is 2.35 bits per heavy atom. The molecule has 0 unspecified atom stereocenters. The van der Waals surface area contributed by atoms with Gasteiger partial charge in [-0.25, -0.2) is 9.18 Å². The van der Waals surface area contributed by atoms with Crippen molar-refractivity contribution < 1.29 is 19.1 Å². The highest BCUT2D eigenvalue weighted by Crippen LogP contribution is 2.17. The van der Waals surface area contributed by atoms with Gasteiger partial charge in [-0.3, -0.25) is 4.79 Å². The standard InChI is InChI=1S/C15H12FNO3/c1-9-6-7-13(12(16)8-9)17-14(18)10-4-2-3-5-11(10)15(19)20/h2-8H,1H3,(H,17,18)(H,19,20). The van der Waals surface area contributed by atoms with E-state index in [9.17, 15) is 14.0 Å². The summed E-state index contributed by atoms with van der Waals surface area (Å²) in [5, 5.41) is 11.4. The largest absolute Gasteiger partial charge is 0.478 e. The van der Waals surface area contributed by atoms with E-state index in [1.54, 1.807) is 19.1 Å². The molecule has 0 bridgehead atoms. The molecular formula is C15H12FNO3. The number of aromatic carboxylic acids is 1. The Bertz CT molecular complexity index is 683. The number of nitrogens with one attached hydrogen (secondary N) is 1. The maximum Gasteiger partial charge on any atom is 0.336 e. The van der Waals surface area contributed by atoms with Gasteiger partial charge in [0, 0.05) is 0 Å². The minimum atomic E-state index is -1.21. The molecule has 2 aromatic rings. The number of carboxylic acid groups (broad SMARTS) is 1. The molecule has 0 radical (unpaired) electrons. The van der Waals surface area contributed by atoms with Crippen LogP contribution in [0.15, 0.2) is 42.5 Å². The van der Waals surface area contributed by atoms with Gasteiger partial charge in [-0.15, -0.1) is 0 Å². The molecule has 0 heterocycles. The summed E-state index contributed by atoms with van der Waals surface area (Å²) in [6.07, 6.45) is 0. The van der Waals surface area contributed by atoms with E-state index in [1.165, 1.54) is 30.3 Å². The summed E-state index contributed by atoms with van der Waals surface area (Å²) in [7, 11) is 0. The second kappa shape index (κ2) is 5.52. The quantitative estimate of drug-likeness (QED) is 0.903. The first-order valence-corrected chi connectivity index (χ1v) is 5.89. The van der Waals surface area contributed by atoms with Crippen LogP contribution in [0.5, 0.6) is 0 Å². The van der Waals surface area contributed by atoms with Gasteiger partial charge in [-0.1, -0.05) is 18.2 Å². The van der Waals surface area contributed by atoms with E-state index in [2.05, 4.69) is 5.32 Å². The molecule has 0 aliphatic carbocycles. The number of hydrogen-bond acceptors (Lipinski definition) is 2. The summed E-state index contributed by atoms with van der Waals surface area (Å²) in [4.78, 5) is 23.1. The Morgan fingerprint density at radius 1 is 1.10 bits per heavy atom. The van der Waals surface area contributed by atoms with Crippen molar-refractivity contribution in [1.82, 2.24) is 0 Å². The van der Waals surface area contributed by atoms with Gasteiger partial charge < -0.3 is 10.4 Å². The van der Waals surface area contributed by atoms with Crippen LogP contribution in [-0.4, -0.2) is 17.0 Å². The molecule has 102 valence electrons. The van der Waals surface area contributed by atoms with Crippen LogP contribution in [0.4, 0.5) is 10.1 Å². The Kier molecular flexibility index (Phi) is 3.79. The van der Waals surface area contributed by atoms with Crippen LogP contribution < -0.4 is 5.32 Å². The molecule has 0 atom stereocenters. The van der Waals surface area contributed by atoms with Gasteiger partial charge in [0.05, 0.1) is 16.8 Å². The summed E-state index contributed by atoms with van der Waals surface area (Å²) in [6.45, 7) is 1.73. The van der Waals surface area contributed by atoms with E-state index in [1.807, 2.05) is 0 Å². The number of halogens is 1. The van der Waals surface area contributed by atoms with E-state index < -0.39 is 17.7 Å². The predicted octanol–water partition coefficient (Wildman–Crippen LogP) is 3.08. The van der Waals surface area contributed by atoms with Crippen LogP contribution in [0.3, 0.4) is 0 Å². The molecule has 1 amide bonds. The van der Waals surface area contributed by atoms with Crippen LogP contribution in [-0.2, 0) is 0 Å². The maximum atomic E-state index is 13.7. The molecule has 5 heteroatoms. The predicted molar refractivity (Wildman–Crippen MR) is 72.5 cm³/mol. The Hall–Kier alpha value is -2.69. The zero-order chi connectivity index (χ0) is 14.7. The number of carbonyl (C=O) groups is 2. The van der Waals surface area contributed by atoms with Crippen molar-refractivity contribution in [3.8, 4) is 0 Å². The number of benzene rings is 2. The molecule has 4 nitrogen and oxygen atoms in total. The molecule has 0 aliphatic rings. The van der Waals surface area contributed by atoms with Gasteiger partial charge in [0.15, 0.2) is 0 Å². The van der Waals surface area contributed by atoms with Crippen molar-refractivity contribution in [3.05, 3.63) is 65.0 Å². The average Bonchev–Trinajstić information content (AvgIpc) is 2.41. The van der Waals surface area contributed by atoms with Crippen LogP contribution in [0, 0.1) is 12.7 Å². The fourth-order valence-electron chi connectivity index (χ4n) is 1.78. The third kappa shape index (κ3) is 2.83. The highest BCUT2D eigenvalue weighted by molar-refractivity contribution is 6.10. The summed E-state index contributed by atoms with van der Waals surface area (Å²) in [5.74, 6) is -2.43. The molecule has 0 saturated heterocycles. The van der Waals surface area contributed by atoms with E-state index in [0.29, 0.717) is 0 Å². The first-order chi connectivity index (χ1) is 9.49. The fraction of sp³-hybridized carbons (Fsp3) is 0.0667. The number of carboxylic acids is 1. The molecule has 2 aromatic carbocycles. The van der Waals surface area contributed by atoms with Crippen molar-refractivity contribution in [1.29, 1.82) is 0 Å². The summed E-state index contributed by atoms with van der Waals surface area (Å²) >= 11 is 0. The second-order valence-corrected chi connectivity index (χ2v) is 4.29. The normalized spacial score (nSPS) is 10.1. The number of hydrogen-bond donors (Lipinski definition) is 2. The van der Waals surface area contributed by atoms with E-state index in [-0.39, 0.29) is 16.8 Å². The van der Waals surface area contributed by atoms with Crippen molar-refractivity contribution in [2.45, 2.75) is 6.92 Å². The summed E-state index contributed by atoms with van der Waals surface area (Å²) < 4.78 is 13.7. The van der Waals surface area contributed by atoms with Gasteiger partial charge in [-0.05, 0) is 36.8 Å². The van der Waals surface area contributed by atoms with Crippen molar-refractivity contribution in [2.75, 3.05) is 5.32 Å². The lowest BCUT2D eigenvalue weighted by molar-refractivity contribution is 0.0692. The van der Waals surface area contributed by atoms with Crippen LogP contribution in [0.25, 0.3) is 0 Å². The van der Waals surface area contributed by atoms with Crippen molar-refractivity contribution in [3.63, 3.8) is 0 Å². The molecule has 2 rings (SSSR count). The molecule has 0 spiro atoms. The third-order valence-electron chi connectivity index (χ3n) is 2.77. The SMILES string of the molecule is Cc1ccc(NC(=O)c2ccccc2C(=O)O)c(F)c1. The smallest absolute Gasteiger partial charge is 0.336 e. The van der Waals surface area contributed by atoms with Crippen molar-refractivity contribution >= 4 is 17.6 Å². The molecule has 2 N–H and O–H groups in total. The second-order valence-electron chi connectivity index (χ2n) is 4.29. The van der Waals surface area contributed by atoms with Crippen LogP contribution >= 0.6 is 0 Å². The zero-order valence-corrected chi connectivity index (χ0v) is 10.7. The van der Waals surface area contributed by atoms with Crippen LogP contribution in [0.1, 0.15) is 26.3 Å². The summed E-state index contributed by atoms with van der Waals surface area (Å²) in [5.41, 5.74) is 0.602. The Labute approximate surface area is 114 Å². The van der Waals surface area contributed by atoms with E-state index in [4.69, 9.17) is 5.11 Å². The van der Waals surface area contributed by atoms with Gasteiger partial charge in [-0.2, -0.15) is 0 Å². The van der Waals surface area contributed by atoms with Gasteiger partial charge in [0.25, 0.3) is 5.91 Å². The lowest BCUT2D eigenvalue weighted by Gasteiger charge is -2.09. The average molecular weight is 273 g/mol. The van der Waals surface area contributed by atoms with Gasteiger partial charge in [0.1, 0.15) is 5.82 Å². The van der Waals surface area contributed by atoms with Gasteiger partial charge >= 0.3 is 5.97 Å². The number of amides is 1. The topological polar surface area (TPSA) is 66.4 Å². The van der Waals surface area contributed by atoms with Gasteiger partial charge in [0.2, 0.25) is 0 Å². The van der Waals surface area contributed by atoms with E-state index >= 15 is 0 Å². The number of carbonyl (C=O) groups excluding carboxylic acids is 1. The minimum Gasteiger partial charge on any atom is -0.478 e. The monoisotopic (exact) mass is 273 g/mol. The minimum absolute atomic E-state index is 0.0139. The van der Waals surface area contributed by atoms with E-state index in [0.717, 1.165) is 5.56 Å². The third-order valence-corrected chi connectivity index (χ3v) is 2.77. The highest BCUT2D eigenvalue weighted by atomic mass is 19.1. The zero-order valence-electron chi connectivity index (χ0n) is 10.7. The number of aryl methyl sites for hydroxylation is 1. The highest BCUT2D eigenvalue weighted by Gasteiger charge is 2.16. The maximum absolute atomic E-state index is 13.7. The number of rotatable bonds is 3. The molecule has 0 aliphatic heterocycles. The molecule has 20 heavy (non-hydrogen) atoms. The number of anilines is 1. The van der Waals surface area contributed by atoms with Crippen LogP contribution in [0.2, 0.25) is 0 Å². The first-order valence-electron chi connectivity index (χ1n) is 5.89. The summed E-state index contributed by atoms with van der Waals surface area (Å²) in [6, 6.07) is 10.2. The molecule has 0 saturated carbocycles. The molecular weight excluding hydrogens is 261 g/mol. The Morgan fingerprint density at radius 2 is 1.75 bits per heavy atom. The molecule has 0 fully saturated rings. The fourth-order valence-corrected chi connectivity index (χ4v) is 1.78. The lowest BCUT2D eigenvalue weighted by Crippen LogP contribution is -2.17. The molecule has 0 aromatic heterocycles. The lowest BCUT2D eigenvalue weighted by atomic mass is 10.1.